The molecule has 0 aromatic rings. The first-order valence-corrected chi connectivity index (χ1v) is 4.94. The van der Waals surface area contributed by atoms with Gasteiger partial charge in [-0.1, -0.05) is 0 Å². The number of hydrogen-bond acceptors (Lipinski definition) is 0. The first-order valence-electron chi connectivity index (χ1n) is 4.94. The summed E-state index contributed by atoms with van der Waals surface area (Å²) in [5.74, 6) is -0.332. The maximum Gasteiger partial charge on any atom is 0.479 e. The summed E-state index contributed by atoms with van der Waals surface area (Å²) < 4.78 is 76.3. The Bertz CT molecular complexity index is 380. The van der Waals surface area contributed by atoms with Crippen LogP contribution in [0.15, 0.2) is 22.3 Å². The topological polar surface area (TPSA) is 0 Å². The highest BCUT2D eigenvalue weighted by Gasteiger charge is 2.58. The highest BCUT2D eigenvalue weighted by atomic mass is 19.4. The molecule has 0 nitrogen and oxygen atoms in total. The van der Waals surface area contributed by atoms with Crippen molar-refractivity contribution in [3.63, 3.8) is 0 Å². The molecule has 1 aliphatic carbocycles. The van der Waals surface area contributed by atoms with Crippen molar-refractivity contribution >= 4 is 0 Å². The van der Waals surface area contributed by atoms with Crippen molar-refractivity contribution in [1.82, 2.24) is 0 Å². The van der Waals surface area contributed by atoms with Crippen LogP contribution in [0.5, 0.6) is 0 Å². The van der Waals surface area contributed by atoms with Crippen molar-refractivity contribution in [1.29, 1.82) is 0 Å². The average molecular weight is 257 g/mol. The Morgan fingerprint density at radius 2 is 1.47 bits per heavy atom. The lowest BCUT2D eigenvalue weighted by atomic mass is 9.97. The number of halogens is 6. The van der Waals surface area contributed by atoms with Gasteiger partial charge in [-0.15, -0.1) is 0 Å². The molecule has 0 aromatic heterocycles. The zero-order valence-corrected chi connectivity index (χ0v) is 9.47. The second-order valence-electron chi connectivity index (χ2n) is 3.83. The largest absolute Gasteiger partial charge is 0.479 e. The van der Waals surface area contributed by atoms with E-state index in [2.05, 4.69) is 0 Å². The third-order valence-electron chi connectivity index (χ3n) is 2.84. The number of rotatable bonds is 1. The van der Waals surface area contributed by atoms with Gasteiger partial charge in [0.1, 0.15) is 5.57 Å². The second-order valence-corrected chi connectivity index (χ2v) is 3.83. The number of alkyl halides is 6. The van der Waals surface area contributed by atoms with Gasteiger partial charge in [-0.05, 0) is 13.8 Å². The van der Waals surface area contributed by atoms with E-state index >= 15 is 0 Å². The molecule has 0 saturated carbocycles. The molecule has 1 aliphatic rings. The van der Waals surface area contributed by atoms with Gasteiger partial charge < -0.3 is 0 Å². The highest BCUT2D eigenvalue weighted by Crippen LogP contribution is 2.51. The third kappa shape index (κ3) is 2.30. The number of hydrogen-bond donors (Lipinski definition) is 0. The van der Waals surface area contributed by atoms with Gasteiger partial charge in [-0.2, -0.15) is 26.3 Å². The molecule has 0 aromatic carbocycles. The fourth-order valence-corrected chi connectivity index (χ4v) is 2.07. The van der Waals surface area contributed by atoms with Crippen LogP contribution in [0.3, 0.4) is 0 Å². The van der Waals surface area contributed by atoms with Gasteiger partial charge in [0, 0.05) is 13.3 Å². The maximum atomic E-state index is 12.7. The molecule has 1 rings (SSSR count). The van der Waals surface area contributed by atoms with Crippen LogP contribution in [0.2, 0.25) is 0 Å². The second kappa shape index (κ2) is 3.99. The van der Waals surface area contributed by atoms with Gasteiger partial charge in [-0.3, -0.25) is 0 Å². The minimum absolute atomic E-state index is 0.293. The fourth-order valence-electron chi connectivity index (χ4n) is 2.07. The molecule has 6 heteroatoms. The van der Waals surface area contributed by atoms with Crippen molar-refractivity contribution in [2.45, 2.75) is 39.5 Å². The first kappa shape index (κ1) is 14.0. The van der Waals surface area contributed by atoms with Crippen LogP contribution in [0.25, 0.3) is 0 Å². The molecule has 0 aliphatic heterocycles. The van der Waals surface area contributed by atoms with Gasteiger partial charge in [0.05, 0.1) is 11.5 Å². The van der Waals surface area contributed by atoms with E-state index in [9.17, 15) is 26.3 Å². The first-order chi connectivity index (χ1) is 7.51. The average Bonchev–Trinajstić information content (AvgIpc) is 2.37. The maximum absolute atomic E-state index is 12.7. The smallest absolute Gasteiger partial charge is 0.164 e. The van der Waals surface area contributed by atoms with Gasteiger partial charge in [0.25, 0.3) is 0 Å². The van der Waals surface area contributed by atoms with Crippen LogP contribution in [0.1, 0.15) is 27.2 Å². The lowest BCUT2D eigenvalue weighted by Gasteiger charge is -2.09. The van der Waals surface area contributed by atoms with E-state index in [0.717, 1.165) is 13.8 Å². The molecule has 0 N–H and O–H groups in total. The predicted octanol–water partition coefficient (Wildman–Crippen LogP) is 4.74. The minimum Gasteiger partial charge on any atom is -0.164 e. The summed E-state index contributed by atoms with van der Waals surface area (Å²) in [6, 6.07) is 0. The summed E-state index contributed by atoms with van der Waals surface area (Å²) in [5.41, 5.74) is -3.25. The van der Waals surface area contributed by atoms with Crippen molar-refractivity contribution in [2.24, 2.45) is 0 Å². The van der Waals surface area contributed by atoms with Crippen molar-refractivity contribution < 1.29 is 26.3 Å². The minimum atomic E-state index is -4.75. The van der Waals surface area contributed by atoms with Crippen LogP contribution in [-0.2, 0) is 0 Å². The molecular weight excluding hydrogens is 246 g/mol. The Morgan fingerprint density at radius 3 is 1.76 bits per heavy atom. The van der Waals surface area contributed by atoms with Crippen LogP contribution < -0.4 is 0 Å². The van der Waals surface area contributed by atoms with Crippen molar-refractivity contribution in [3.8, 4) is 0 Å². The molecule has 0 atom stereocenters. The van der Waals surface area contributed by atoms with E-state index < -0.39 is 29.1 Å². The molecule has 0 saturated heterocycles. The summed E-state index contributed by atoms with van der Waals surface area (Å²) in [7, 11) is 0. The van der Waals surface area contributed by atoms with Gasteiger partial charge >= 0.3 is 12.4 Å². The van der Waals surface area contributed by atoms with Crippen molar-refractivity contribution in [3.05, 3.63) is 28.2 Å². The molecule has 0 fully saturated rings. The quantitative estimate of drug-likeness (QED) is 0.470. The highest BCUT2D eigenvalue weighted by molar-refractivity contribution is 5.61. The van der Waals surface area contributed by atoms with Crippen molar-refractivity contribution in [2.75, 3.05) is 0 Å². The van der Waals surface area contributed by atoms with E-state index in [-0.39, 0.29) is 17.9 Å². The predicted molar refractivity (Wildman–Crippen MR) is 51.0 cm³/mol. The van der Waals surface area contributed by atoms with E-state index in [4.69, 9.17) is 0 Å². The molecule has 0 spiro atoms. The molecule has 17 heavy (non-hydrogen) atoms. The monoisotopic (exact) mass is 257 g/mol. The Kier molecular flexibility index (Phi) is 3.29. The molecule has 0 amide bonds. The van der Waals surface area contributed by atoms with Crippen LogP contribution in [0, 0.1) is 5.92 Å². The summed E-state index contributed by atoms with van der Waals surface area (Å²) >= 11 is 0. The zero-order valence-electron chi connectivity index (χ0n) is 9.47. The zero-order chi connectivity index (χ0) is 13.6. The molecule has 0 unspecified atom stereocenters. The molecule has 0 bridgehead atoms. The fraction of sp³-hybridized carbons (Fsp3) is 0.545. The van der Waals surface area contributed by atoms with Crippen LogP contribution >= 0.6 is 0 Å². The lowest BCUT2D eigenvalue weighted by Crippen LogP contribution is -2.18. The Hall–Kier alpha value is -1.07. The van der Waals surface area contributed by atoms with Crippen LogP contribution in [-0.4, -0.2) is 12.4 Å². The van der Waals surface area contributed by atoms with Gasteiger partial charge in [0.2, 0.25) is 5.57 Å². The molecular formula is C11H11F6+. The molecule has 96 valence electrons. The SMILES string of the molecule is CCC1=C(C(F)(F)F)[C+](C)C(C)=C1C(F)(F)F. The molecule has 0 heterocycles. The van der Waals surface area contributed by atoms with Gasteiger partial charge in [0.15, 0.2) is 5.57 Å². The van der Waals surface area contributed by atoms with E-state index in [0.29, 0.717) is 0 Å². The Balaban J connectivity index is 3.45. The van der Waals surface area contributed by atoms with Crippen LogP contribution in [0.4, 0.5) is 26.3 Å². The summed E-state index contributed by atoms with van der Waals surface area (Å²) in [4.78, 5) is 0. The van der Waals surface area contributed by atoms with E-state index in [1.54, 1.807) is 0 Å². The van der Waals surface area contributed by atoms with E-state index in [1.807, 2.05) is 0 Å². The normalized spacial score (nSPS) is 18.5. The summed E-state index contributed by atoms with van der Waals surface area (Å²) in [5, 5.41) is 0. The lowest BCUT2D eigenvalue weighted by molar-refractivity contribution is -0.0944. The third-order valence-corrected chi connectivity index (χ3v) is 2.84. The Labute approximate surface area is 95.0 Å². The Morgan fingerprint density at radius 1 is 1.00 bits per heavy atom. The molecule has 0 radical (unpaired) electrons. The summed E-state index contributed by atoms with van der Waals surface area (Å²) in [6.07, 6.45) is -9.79. The van der Waals surface area contributed by atoms with E-state index in [1.165, 1.54) is 6.92 Å². The summed E-state index contributed by atoms with van der Waals surface area (Å²) in [6.45, 7) is 3.44. The standard InChI is InChI=1S/C11H11F6/c1-4-7-8(10(12,13)14)5(2)6(3)9(7)11(15,16)17/h4H2,1-3H3/q+1. The van der Waals surface area contributed by atoms with Gasteiger partial charge in [-0.25, -0.2) is 0 Å². The number of allylic oxidation sites excluding steroid dienone is 4.